The summed E-state index contributed by atoms with van der Waals surface area (Å²) in [6.07, 6.45) is -3.79. The summed E-state index contributed by atoms with van der Waals surface area (Å²) in [4.78, 5) is 18.8. The lowest BCUT2D eigenvalue weighted by Crippen LogP contribution is -2.05. The number of aryl methyl sites for hydroxylation is 1. The molecule has 0 atom stereocenters. The molecule has 0 unspecified atom stereocenters. The molecule has 106 valence electrons. The van der Waals surface area contributed by atoms with E-state index in [2.05, 4.69) is 14.7 Å². The molecule has 2 rings (SSSR count). The second-order valence-electron chi connectivity index (χ2n) is 3.85. The number of alkyl halides is 3. The largest absolute Gasteiger partial charge is 0.464 e. The minimum atomic E-state index is -4.46. The van der Waals surface area contributed by atoms with Crippen LogP contribution in [0.3, 0.4) is 0 Å². The lowest BCUT2D eigenvalue weighted by atomic mass is 10.2. The van der Waals surface area contributed by atoms with Gasteiger partial charge in [0.15, 0.2) is 5.69 Å². The van der Waals surface area contributed by atoms with Gasteiger partial charge < -0.3 is 9.15 Å². The lowest BCUT2D eigenvalue weighted by molar-refractivity contribution is -0.137. The van der Waals surface area contributed by atoms with E-state index in [0.29, 0.717) is 6.20 Å². The van der Waals surface area contributed by atoms with Gasteiger partial charge in [-0.2, -0.15) is 13.2 Å². The minimum absolute atomic E-state index is 0.0378. The fourth-order valence-electron chi connectivity index (χ4n) is 1.48. The molecule has 0 saturated heterocycles. The van der Waals surface area contributed by atoms with Crippen LogP contribution < -0.4 is 0 Å². The van der Waals surface area contributed by atoms with Crippen molar-refractivity contribution in [2.75, 3.05) is 7.11 Å². The molecule has 0 fully saturated rings. The summed E-state index contributed by atoms with van der Waals surface area (Å²) in [6.45, 7) is 1.49. The molecular weight excluding hydrogens is 277 g/mol. The van der Waals surface area contributed by atoms with E-state index in [9.17, 15) is 18.0 Å². The Kier molecular flexibility index (Phi) is 3.47. The van der Waals surface area contributed by atoms with Crippen molar-refractivity contribution in [2.24, 2.45) is 0 Å². The van der Waals surface area contributed by atoms with Gasteiger partial charge in [-0.05, 0) is 19.1 Å². The zero-order valence-electron chi connectivity index (χ0n) is 10.5. The Balaban J connectivity index is 2.35. The summed E-state index contributed by atoms with van der Waals surface area (Å²) in [5, 5.41) is 0. The fraction of sp³-hybridized carbons (Fsp3) is 0.250. The maximum absolute atomic E-state index is 12.4. The van der Waals surface area contributed by atoms with Crippen molar-refractivity contribution in [3.8, 4) is 11.6 Å². The van der Waals surface area contributed by atoms with E-state index in [1.807, 2.05) is 0 Å². The highest BCUT2D eigenvalue weighted by atomic mass is 19.4. The third-order valence-corrected chi connectivity index (χ3v) is 2.49. The average Bonchev–Trinajstić information content (AvgIpc) is 2.79. The van der Waals surface area contributed by atoms with Crippen LogP contribution in [-0.4, -0.2) is 23.0 Å². The summed E-state index contributed by atoms with van der Waals surface area (Å²) >= 11 is 0. The molecule has 0 aliphatic carbocycles. The molecule has 0 saturated carbocycles. The molecule has 2 aromatic heterocycles. The smallest absolute Gasteiger partial charge is 0.417 e. The number of methoxy groups -OCH3 is 1. The first-order valence-corrected chi connectivity index (χ1v) is 5.42. The molecular formula is C12H9F3N2O3. The van der Waals surface area contributed by atoms with Crippen LogP contribution in [0.4, 0.5) is 13.2 Å². The maximum atomic E-state index is 12.4. The zero-order valence-corrected chi connectivity index (χ0v) is 10.5. The predicted octanol–water partition coefficient (Wildman–Crippen LogP) is 2.85. The Labute approximate surface area is 111 Å². The molecule has 0 amide bonds. The van der Waals surface area contributed by atoms with Crippen LogP contribution in [0.2, 0.25) is 0 Å². The van der Waals surface area contributed by atoms with E-state index in [-0.39, 0.29) is 23.0 Å². The SMILES string of the molecule is COC(=O)c1nc(-c2ccc(C(F)(F)F)cn2)oc1C. The van der Waals surface area contributed by atoms with Gasteiger partial charge in [0.2, 0.25) is 5.89 Å². The molecule has 0 aliphatic heterocycles. The van der Waals surface area contributed by atoms with Crippen molar-refractivity contribution in [1.29, 1.82) is 0 Å². The van der Waals surface area contributed by atoms with Crippen LogP contribution >= 0.6 is 0 Å². The number of oxazole rings is 1. The van der Waals surface area contributed by atoms with Gasteiger partial charge in [-0.1, -0.05) is 0 Å². The fourth-order valence-corrected chi connectivity index (χ4v) is 1.48. The summed E-state index contributed by atoms with van der Waals surface area (Å²) in [5.74, 6) is -0.533. The summed E-state index contributed by atoms with van der Waals surface area (Å²) in [7, 11) is 1.19. The quantitative estimate of drug-likeness (QED) is 0.794. The number of hydrogen-bond acceptors (Lipinski definition) is 5. The second kappa shape index (κ2) is 4.95. The molecule has 0 radical (unpaired) electrons. The number of hydrogen-bond donors (Lipinski definition) is 0. The van der Waals surface area contributed by atoms with Gasteiger partial charge in [0.25, 0.3) is 0 Å². The number of carbonyl (C=O) groups is 1. The van der Waals surface area contributed by atoms with E-state index in [4.69, 9.17) is 4.42 Å². The van der Waals surface area contributed by atoms with Crippen molar-refractivity contribution < 1.29 is 27.1 Å². The lowest BCUT2D eigenvalue weighted by Gasteiger charge is -2.05. The van der Waals surface area contributed by atoms with Crippen molar-refractivity contribution in [3.05, 3.63) is 35.3 Å². The Morgan fingerprint density at radius 2 is 2.05 bits per heavy atom. The van der Waals surface area contributed by atoms with Crippen molar-refractivity contribution in [1.82, 2.24) is 9.97 Å². The first-order valence-electron chi connectivity index (χ1n) is 5.42. The average molecular weight is 286 g/mol. The number of carbonyl (C=O) groups excluding carboxylic acids is 1. The number of ether oxygens (including phenoxy) is 1. The molecule has 20 heavy (non-hydrogen) atoms. The standard InChI is InChI=1S/C12H9F3N2O3/c1-6-9(11(18)19-2)17-10(20-6)8-4-3-7(5-16-8)12(13,14)15/h3-5H,1-2H3. The van der Waals surface area contributed by atoms with Crippen molar-refractivity contribution in [3.63, 3.8) is 0 Å². The van der Waals surface area contributed by atoms with Crippen LogP contribution in [0.5, 0.6) is 0 Å². The Hall–Kier alpha value is -2.38. The van der Waals surface area contributed by atoms with Crippen molar-refractivity contribution in [2.45, 2.75) is 13.1 Å². The number of nitrogens with zero attached hydrogens (tertiary/aromatic N) is 2. The highest BCUT2D eigenvalue weighted by Gasteiger charge is 2.31. The monoisotopic (exact) mass is 286 g/mol. The summed E-state index contributed by atoms with van der Waals surface area (Å²) < 4.78 is 46.9. The van der Waals surface area contributed by atoms with E-state index >= 15 is 0 Å². The molecule has 0 aliphatic rings. The van der Waals surface area contributed by atoms with Gasteiger partial charge in [0, 0.05) is 6.20 Å². The highest BCUT2D eigenvalue weighted by Crippen LogP contribution is 2.29. The van der Waals surface area contributed by atoms with Gasteiger partial charge in [-0.25, -0.2) is 9.78 Å². The van der Waals surface area contributed by atoms with E-state index in [1.165, 1.54) is 14.0 Å². The molecule has 0 aromatic carbocycles. The Morgan fingerprint density at radius 3 is 2.55 bits per heavy atom. The van der Waals surface area contributed by atoms with E-state index < -0.39 is 17.7 Å². The summed E-state index contributed by atoms with van der Waals surface area (Å²) in [6, 6.07) is 1.98. The van der Waals surface area contributed by atoms with Gasteiger partial charge in [-0.15, -0.1) is 0 Å². The van der Waals surface area contributed by atoms with Crippen LogP contribution in [-0.2, 0) is 10.9 Å². The number of aromatic nitrogens is 2. The molecule has 2 aromatic rings. The highest BCUT2D eigenvalue weighted by molar-refractivity contribution is 5.88. The van der Waals surface area contributed by atoms with Gasteiger partial charge in [0.1, 0.15) is 11.5 Å². The van der Waals surface area contributed by atoms with Gasteiger partial charge >= 0.3 is 12.1 Å². The van der Waals surface area contributed by atoms with Crippen LogP contribution in [0.1, 0.15) is 21.8 Å². The zero-order chi connectivity index (χ0) is 14.9. The molecule has 0 bridgehead atoms. The third kappa shape index (κ3) is 2.63. The number of rotatable bonds is 2. The van der Waals surface area contributed by atoms with Crippen LogP contribution in [0.25, 0.3) is 11.6 Å². The van der Waals surface area contributed by atoms with E-state index in [0.717, 1.165) is 12.1 Å². The number of pyridine rings is 1. The van der Waals surface area contributed by atoms with Gasteiger partial charge in [-0.3, -0.25) is 4.98 Å². The second-order valence-corrected chi connectivity index (χ2v) is 3.85. The van der Waals surface area contributed by atoms with Crippen molar-refractivity contribution >= 4 is 5.97 Å². The first kappa shape index (κ1) is 14.0. The molecule has 0 spiro atoms. The minimum Gasteiger partial charge on any atom is -0.464 e. The number of esters is 1. The van der Waals surface area contributed by atoms with Gasteiger partial charge in [0.05, 0.1) is 12.7 Å². The molecule has 2 heterocycles. The topological polar surface area (TPSA) is 65.2 Å². The summed E-state index contributed by atoms with van der Waals surface area (Å²) in [5.41, 5.74) is -0.821. The Morgan fingerprint density at radius 1 is 1.35 bits per heavy atom. The molecule has 8 heteroatoms. The number of halogens is 3. The molecule has 0 N–H and O–H groups in total. The Bertz CT molecular complexity index is 632. The van der Waals surface area contributed by atoms with E-state index in [1.54, 1.807) is 0 Å². The first-order chi connectivity index (χ1) is 9.32. The normalized spacial score (nSPS) is 11.4. The third-order valence-electron chi connectivity index (χ3n) is 2.49. The van der Waals surface area contributed by atoms with Crippen LogP contribution in [0.15, 0.2) is 22.7 Å². The maximum Gasteiger partial charge on any atom is 0.417 e. The molecule has 5 nitrogen and oxygen atoms in total. The van der Waals surface area contributed by atoms with Crippen LogP contribution in [0, 0.1) is 6.92 Å². The predicted molar refractivity (Wildman–Crippen MR) is 60.8 cm³/mol.